The van der Waals surface area contributed by atoms with Gasteiger partial charge in [-0.2, -0.15) is 0 Å². The largest absolute Gasteiger partial charge is 0.507 e. The highest BCUT2D eigenvalue weighted by atomic mass is 16.5. The number of methoxy groups -OCH3 is 2. The Morgan fingerprint density at radius 1 is 0.553 bits per heavy atom. The minimum atomic E-state index is -0.0535. The fraction of sp³-hybridized carbons (Fsp3) is 0.275. The Labute approximate surface area is 278 Å². The number of phenols is 2. The van der Waals surface area contributed by atoms with Gasteiger partial charge in [0.05, 0.1) is 14.2 Å². The molecule has 0 saturated carbocycles. The average Bonchev–Trinajstić information content (AvgIpc) is 3.01. The van der Waals surface area contributed by atoms with Crippen molar-refractivity contribution in [1.29, 1.82) is 0 Å². The van der Waals surface area contributed by atoms with Crippen molar-refractivity contribution in [1.82, 2.24) is 0 Å². The molecule has 2 N–H and O–H groups in total. The van der Waals surface area contributed by atoms with Crippen LogP contribution < -0.4 is 9.47 Å². The Hall–Kier alpha value is -5.17. The standard InChI is InChI=1S/C20H22O3.C11H14O2.C9H10O2/c1-12-8-16(9-13(2)19(12)22)6-7-18(21)17-10-14(3)20(23-5)15(4)11-17;1-7-5-10(9(3)12)6-8(2)11(7)13-4;1-6-3-8(5-10)4-7(2)9(6)11/h6-11,22H,1-5H3;5-6H,1-4H3;3-5,11H,1-2H3/b7-6+;;. The topological polar surface area (TPSA) is 110 Å². The van der Waals surface area contributed by atoms with Crippen molar-refractivity contribution in [2.45, 2.75) is 62.3 Å². The van der Waals surface area contributed by atoms with Gasteiger partial charge in [0.15, 0.2) is 11.6 Å². The molecule has 0 amide bonds. The van der Waals surface area contributed by atoms with Gasteiger partial charge in [-0.1, -0.05) is 6.08 Å². The number of carbonyl (C=O) groups excluding carboxylic acids is 3. The van der Waals surface area contributed by atoms with Crippen LogP contribution in [0.2, 0.25) is 0 Å². The van der Waals surface area contributed by atoms with Crippen molar-refractivity contribution in [2.75, 3.05) is 14.2 Å². The molecule has 248 valence electrons. The number of aromatic hydroxyl groups is 2. The number of rotatable bonds is 7. The van der Waals surface area contributed by atoms with Crippen molar-refractivity contribution in [2.24, 2.45) is 0 Å². The highest BCUT2D eigenvalue weighted by molar-refractivity contribution is 6.07. The van der Waals surface area contributed by atoms with Crippen LogP contribution in [0.25, 0.3) is 6.08 Å². The first kappa shape index (κ1) is 38.0. The van der Waals surface area contributed by atoms with Gasteiger partial charge in [0.1, 0.15) is 29.3 Å². The lowest BCUT2D eigenvalue weighted by molar-refractivity contribution is 0.101. The summed E-state index contributed by atoms with van der Waals surface area (Å²) >= 11 is 0. The van der Waals surface area contributed by atoms with Crippen molar-refractivity contribution >= 4 is 23.9 Å². The van der Waals surface area contributed by atoms with Gasteiger partial charge in [0, 0.05) is 16.7 Å². The van der Waals surface area contributed by atoms with Crippen LogP contribution in [0, 0.1) is 55.4 Å². The average molecular weight is 639 g/mol. The summed E-state index contributed by atoms with van der Waals surface area (Å²) in [7, 11) is 3.27. The van der Waals surface area contributed by atoms with Crippen LogP contribution in [0.15, 0.2) is 54.6 Å². The van der Waals surface area contributed by atoms with E-state index in [0.29, 0.717) is 16.9 Å². The smallest absolute Gasteiger partial charge is 0.185 e. The molecule has 4 aromatic carbocycles. The molecule has 0 aliphatic rings. The van der Waals surface area contributed by atoms with Crippen LogP contribution in [0.5, 0.6) is 23.0 Å². The molecule has 47 heavy (non-hydrogen) atoms. The fourth-order valence-electron chi connectivity index (χ4n) is 5.30. The van der Waals surface area contributed by atoms with Crippen LogP contribution >= 0.6 is 0 Å². The normalized spacial score (nSPS) is 10.4. The lowest BCUT2D eigenvalue weighted by Gasteiger charge is -2.10. The predicted octanol–water partition coefficient (Wildman–Crippen LogP) is 8.87. The fourth-order valence-corrected chi connectivity index (χ4v) is 5.30. The van der Waals surface area contributed by atoms with Gasteiger partial charge >= 0.3 is 0 Å². The van der Waals surface area contributed by atoms with Crippen LogP contribution in [-0.4, -0.2) is 42.3 Å². The van der Waals surface area contributed by atoms with E-state index in [2.05, 4.69) is 0 Å². The number of aldehydes is 1. The molecule has 0 aliphatic carbocycles. The highest BCUT2D eigenvalue weighted by Crippen LogP contribution is 2.27. The first-order valence-electron chi connectivity index (χ1n) is 15.1. The first-order valence-corrected chi connectivity index (χ1v) is 15.1. The van der Waals surface area contributed by atoms with Crippen molar-refractivity contribution < 1.29 is 34.1 Å². The summed E-state index contributed by atoms with van der Waals surface area (Å²) in [5.41, 5.74) is 9.88. The lowest BCUT2D eigenvalue weighted by Crippen LogP contribution is -1.99. The number of ether oxygens (including phenoxy) is 2. The number of allylic oxidation sites excluding steroid dienone is 1. The van der Waals surface area contributed by atoms with Gasteiger partial charge in [-0.3, -0.25) is 14.4 Å². The van der Waals surface area contributed by atoms with E-state index in [0.717, 1.165) is 73.4 Å². The molecule has 0 fully saturated rings. The Morgan fingerprint density at radius 3 is 1.21 bits per heavy atom. The molecule has 0 aliphatic heterocycles. The number of phenolic OH excluding ortho intramolecular Hbond substituents is 2. The summed E-state index contributed by atoms with van der Waals surface area (Å²) in [5.74, 6) is 2.29. The summed E-state index contributed by atoms with van der Waals surface area (Å²) in [5, 5.41) is 19.1. The maximum Gasteiger partial charge on any atom is 0.185 e. The van der Waals surface area contributed by atoms with E-state index < -0.39 is 0 Å². The van der Waals surface area contributed by atoms with Crippen molar-refractivity contribution in [3.8, 4) is 23.0 Å². The molecular formula is C40H46O7. The zero-order valence-electron chi connectivity index (χ0n) is 29.3. The molecular weight excluding hydrogens is 592 g/mol. The van der Waals surface area contributed by atoms with E-state index >= 15 is 0 Å². The third-order valence-corrected chi connectivity index (χ3v) is 7.61. The Morgan fingerprint density at radius 2 is 0.894 bits per heavy atom. The molecule has 0 saturated heterocycles. The van der Waals surface area contributed by atoms with Gasteiger partial charge in [-0.05, 0) is 167 Å². The van der Waals surface area contributed by atoms with E-state index in [1.165, 1.54) is 0 Å². The molecule has 0 bridgehead atoms. The number of Topliss-reactive ketones (excluding diaryl/α,β-unsaturated/α-hetero) is 1. The lowest BCUT2D eigenvalue weighted by atomic mass is 10.0. The monoisotopic (exact) mass is 638 g/mol. The summed E-state index contributed by atoms with van der Waals surface area (Å²) in [6, 6.07) is 14.4. The van der Waals surface area contributed by atoms with Crippen LogP contribution in [0.4, 0.5) is 0 Å². The number of aryl methyl sites for hydroxylation is 8. The number of ketones is 2. The van der Waals surface area contributed by atoms with Crippen LogP contribution in [0.1, 0.15) is 88.1 Å². The predicted molar refractivity (Wildman–Crippen MR) is 189 cm³/mol. The summed E-state index contributed by atoms with van der Waals surface area (Å²) in [6.07, 6.45) is 4.11. The second-order valence-electron chi connectivity index (χ2n) is 11.7. The van der Waals surface area contributed by atoms with Gasteiger partial charge < -0.3 is 19.7 Å². The molecule has 0 radical (unpaired) electrons. The summed E-state index contributed by atoms with van der Waals surface area (Å²) in [6.45, 7) is 16.6. The Balaban J connectivity index is 0.000000270. The number of hydrogen-bond donors (Lipinski definition) is 2. The van der Waals surface area contributed by atoms with Crippen molar-refractivity contribution in [3.05, 3.63) is 121 Å². The molecule has 0 unspecified atom stereocenters. The zero-order valence-corrected chi connectivity index (χ0v) is 29.3. The first-order chi connectivity index (χ1) is 22.0. The molecule has 4 aromatic rings. The van der Waals surface area contributed by atoms with Gasteiger partial charge in [0.2, 0.25) is 0 Å². The Kier molecular flexibility index (Phi) is 13.7. The van der Waals surface area contributed by atoms with Crippen molar-refractivity contribution in [3.63, 3.8) is 0 Å². The van der Waals surface area contributed by atoms with Gasteiger partial charge in [-0.25, -0.2) is 0 Å². The molecule has 0 aromatic heterocycles. The summed E-state index contributed by atoms with van der Waals surface area (Å²) < 4.78 is 10.5. The van der Waals surface area contributed by atoms with E-state index in [9.17, 15) is 24.6 Å². The van der Waals surface area contributed by atoms with Gasteiger partial charge in [-0.15, -0.1) is 0 Å². The third-order valence-electron chi connectivity index (χ3n) is 7.61. The second-order valence-corrected chi connectivity index (χ2v) is 11.7. The minimum Gasteiger partial charge on any atom is -0.507 e. The van der Waals surface area contributed by atoms with Crippen LogP contribution in [-0.2, 0) is 0 Å². The van der Waals surface area contributed by atoms with Gasteiger partial charge in [0.25, 0.3) is 0 Å². The SMILES string of the molecule is COc1c(C)cc(C(=O)/C=C/c2cc(C)c(O)c(C)c2)cc1C.COc1c(C)cc(C(C)=O)cc1C.Cc1cc(C=O)cc(C)c1O. The quantitative estimate of drug-likeness (QED) is 0.118. The maximum atomic E-state index is 12.4. The highest BCUT2D eigenvalue weighted by Gasteiger charge is 2.10. The minimum absolute atomic E-state index is 0.0535. The second kappa shape index (κ2) is 16.9. The summed E-state index contributed by atoms with van der Waals surface area (Å²) in [4.78, 5) is 33.8. The molecule has 7 nitrogen and oxygen atoms in total. The van der Waals surface area contributed by atoms with E-state index in [4.69, 9.17) is 9.47 Å². The molecule has 0 atom stereocenters. The van der Waals surface area contributed by atoms with E-state index in [-0.39, 0.29) is 17.3 Å². The van der Waals surface area contributed by atoms with E-state index in [1.54, 1.807) is 59.3 Å². The molecule has 7 heteroatoms. The number of benzene rings is 4. The Bertz CT molecular complexity index is 1720. The number of hydrogen-bond acceptors (Lipinski definition) is 7. The third kappa shape index (κ3) is 10.2. The zero-order chi connectivity index (χ0) is 35.6. The molecule has 4 rings (SSSR count). The molecule has 0 heterocycles. The molecule has 0 spiro atoms. The van der Waals surface area contributed by atoms with Crippen LogP contribution in [0.3, 0.4) is 0 Å². The van der Waals surface area contributed by atoms with E-state index in [1.807, 2.05) is 77.9 Å². The number of carbonyl (C=O) groups is 3. The maximum absolute atomic E-state index is 12.4.